The average Bonchev–Trinajstić information content (AvgIpc) is 3.10. The summed E-state index contributed by atoms with van der Waals surface area (Å²) < 4.78 is 41.6. The Hall–Kier alpha value is -2.45. The van der Waals surface area contributed by atoms with Crippen LogP contribution in [0.3, 0.4) is 0 Å². The van der Waals surface area contributed by atoms with Crippen LogP contribution in [0, 0.1) is 6.92 Å². The van der Waals surface area contributed by atoms with Crippen molar-refractivity contribution in [3.63, 3.8) is 0 Å². The highest BCUT2D eigenvalue weighted by atomic mass is 35.5. The van der Waals surface area contributed by atoms with Crippen molar-refractivity contribution in [2.45, 2.75) is 38.3 Å². The maximum atomic E-state index is 12.3. The minimum atomic E-state index is -4.45. The van der Waals surface area contributed by atoms with E-state index >= 15 is 0 Å². The summed E-state index contributed by atoms with van der Waals surface area (Å²) in [5, 5.41) is 9.12. The van der Waals surface area contributed by atoms with Crippen LogP contribution in [-0.4, -0.2) is 30.1 Å². The molecule has 1 unspecified atom stereocenters. The topological polar surface area (TPSA) is 58.9 Å². The van der Waals surface area contributed by atoms with Crippen LogP contribution in [0.15, 0.2) is 41.5 Å². The number of carbonyl (C=O) groups is 1. The van der Waals surface area contributed by atoms with Crippen molar-refractivity contribution in [2.75, 3.05) is 6.61 Å². The van der Waals surface area contributed by atoms with E-state index in [1.807, 2.05) is 19.1 Å². The number of carboxylic acid groups (broad SMARTS) is 1. The maximum Gasteiger partial charge on any atom is 0.422 e. The van der Waals surface area contributed by atoms with Gasteiger partial charge in [0, 0.05) is 17.3 Å². The molecule has 2 aromatic carbocycles. The molecule has 1 aliphatic rings. The lowest BCUT2D eigenvalue weighted by molar-refractivity contribution is -0.153. The molecule has 9 heteroatoms. The Balaban J connectivity index is 1.72. The summed E-state index contributed by atoms with van der Waals surface area (Å²) in [5.41, 5.74) is 4.84. The number of alkyl halides is 3. The number of hydrogen-bond acceptors (Lipinski definition) is 4. The largest absolute Gasteiger partial charge is 0.483 e. The van der Waals surface area contributed by atoms with Gasteiger partial charge in [-0.05, 0) is 65.6 Å². The normalized spacial score (nSPS) is 16.4. The van der Waals surface area contributed by atoms with Gasteiger partial charge in [-0.3, -0.25) is 9.79 Å². The molecule has 0 heterocycles. The Morgan fingerprint density at radius 1 is 1.34 bits per heavy atom. The van der Waals surface area contributed by atoms with Crippen LogP contribution in [0.1, 0.15) is 46.6 Å². The second-order valence-electron chi connectivity index (χ2n) is 7.52. The lowest BCUT2D eigenvalue weighted by Crippen LogP contribution is -2.19. The molecule has 1 atom stereocenters. The van der Waals surface area contributed by atoms with Crippen LogP contribution in [0.5, 0.6) is 5.75 Å². The van der Waals surface area contributed by atoms with Crippen LogP contribution in [0.4, 0.5) is 13.2 Å². The van der Waals surface area contributed by atoms with E-state index in [2.05, 4.69) is 22.4 Å². The molecule has 0 amide bonds. The van der Waals surface area contributed by atoms with Gasteiger partial charge in [-0.1, -0.05) is 29.8 Å². The fraction of sp³-hybridized carbons (Fsp3) is 0.304. The molecule has 0 bridgehead atoms. The highest BCUT2D eigenvalue weighted by molar-refractivity contribution is 7.90. The Morgan fingerprint density at radius 2 is 2.09 bits per heavy atom. The third-order valence-electron chi connectivity index (χ3n) is 5.31. The average molecular weight is 484 g/mol. The lowest BCUT2D eigenvalue weighted by Gasteiger charge is -2.11. The highest BCUT2D eigenvalue weighted by Gasteiger charge is 2.29. The SMILES string of the molecule is Cc1c(C=N/C=C(\S)c2ccc(OCC(F)(F)F)c(Cl)c2)ccc2c1CCC2CC(=O)O. The fourth-order valence-electron chi connectivity index (χ4n) is 3.75. The highest BCUT2D eigenvalue weighted by Crippen LogP contribution is 2.38. The molecule has 0 saturated heterocycles. The van der Waals surface area contributed by atoms with Crippen LogP contribution in [-0.2, 0) is 11.2 Å². The van der Waals surface area contributed by atoms with Crippen molar-refractivity contribution < 1.29 is 27.8 Å². The number of ether oxygens (including phenoxy) is 1. The van der Waals surface area contributed by atoms with Crippen LogP contribution in [0.2, 0.25) is 5.02 Å². The predicted octanol–water partition coefficient (Wildman–Crippen LogP) is 6.44. The maximum absolute atomic E-state index is 12.3. The molecule has 0 spiro atoms. The zero-order chi connectivity index (χ0) is 23.5. The van der Waals surface area contributed by atoms with Gasteiger partial charge in [0.2, 0.25) is 0 Å². The zero-order valence-corrected chi connectivity index (χ0v) is 18.8. The predicted molar refractivity (Wildman–Crippen MR) is 122 cm³/mol. The van der Waals surface area contributed by atoms with E-state index < -0.39 is 18.8 Å². The third-order valence-corrected chi connectivity index (χ3v) is 5.98. The minimum Gasteiger partial charge on any atom is -0.483 e. The summed E-state index contributed by atoms with van der Waals surface area (Å²) in [6.07, 6.45) is 0.568. The summed E-state index contributed by atoms with van der Waals surface area (Å²) in [4.78, 5) is 15.8. The van der Waals surface area contributed by atoms with Gasteiger partial charge in [0.05, 0.1) is 11.4 Å². The number of nitrogens with zero attached hydrogens (tertiary/aromatic N) is 1. The van der Waals surface area contributed by atoms with Crippen molar-refractivity contribution in [1.29, 1.82) is 0 Å². The van der Waals surface area contributed by atoms with E-state index in [4.69, 9.17) is 16.7 Å². The molecule has 0 saturated carbocycles. The first kappa shape index (κ1) is 24.2. The first-order chi connectivity index (χ1) is 15.0. The number of rotatable bonds is 7. The summed E-state index contributed by atoms with van der Waals surface area (Å²) in [6.45, 7) is 0.575. The molecule has 0 radical (unpaired) electrons. The third kappa shape index (κ3) is 6.07. The van der Waals surface area contributed by atoms with Gasteiger partial charge in [-0.15, -0.1) is 12.6 Å². The van der Waals surface area contributed by atoms with Gasteiger partial charge in [0.1, 0.15) is 5.75 Å². The van der Waals surface area contributed by atoms with Gasteiger partial charge < -0.3 is 9.84 Å². The molecule has 0 fully saturated rings. The van der Waals surface area contributed by atoms with Gasteiger partial charge in [0.15, 0.2) is 6.61 Å². The van der Waals surface area contributed by atoms with E-state index in [1.54, 1.807) is 12.3 Å². The Bertz CT molecular complexity index is 1080. The number of fused-ring (bicyclic) bond motifs is 1. The number of aliphatic carboxylic acids is 1. The Kier molecular flexibility index (Phi) is 7.56. The van der Waals surface area contributed by atoms with Crippen molar-refractivity contribution in [2.24, 2.45) is 4.99 Å². The molecule has 32 heavy (non-hydrogen) atoms. The van der Waals surface area contributed by atoms with Gasteiger partial charge in [-0.2, -0.15) is 13.2 Å². The Labute approximate surface area is 194 Å². The molecule has 0 aromatic heterocycles. The number of carboxylic acids is 1. The second-order valence-corrected chi connectivity index (χ2v) is 8.41. The fourth-order valence-corrected chi connectivity index (χ4v) is 4.19. The zero-order valence-electron chi connectivity index (χ0n) is 17.1. The van der Waals surface area contributed by atoms with Crippen LogP contribution < -0.4 is 4.74 Å². The number of aliphatic imine (C=N–C) groups is 1. The van der Waals surface area contributed by atoms with E-state index in [0.29, 0.717) is 10.5 Å². The van der Waals surface area contributed by atoms with Crippen molar-refractivity contribution >= 4 is 41.3 Å². The second kappa shape index (κ2) is 10.0. The molecule has 2 aromatic rings. The van der Waals surface area contributed by atoms with Crippen molar-refractivity contribution in [3.8, 4) is 5.75 Å². The van der Waals surface area contributed by atoms with Gasteiger partial charge in [-0.25, -0.2) is 0 Å². The number of halogens is 4. The summed E-state index contributed by atoms with van der Waals surface area (Å²) >= 11 is 10.4. The van der Waals surface area contributed by atoms with E-state index in [-0.39, 0.29) is 23.1 Å². The minimum absolute atomic E-state index is 0.0426. The molecule has 1 aliphatic carbocycles. The van der Waals surface area contributed by atoms with Gasteiger partial charge in [0.25, 0.3) is 0 Å². The first-order valence-corrected chi connectivity index (χ1v) is 10.6. The van der Waals surface area contributed by atoms with E-state index in [9.17, 15) is 18.0 Å². The molecule has 3 rings (SSSR count). The molecule has 170 valence electrons. The quantitative estimate of drug-likeness (QED) is 0.352. The molecular weight excluding hydrogens is 463 g/mol. The van der Waals surface area contributed by atoms with Crippen LogP contribution in [0.25, 0.3) is 4.91 Å². The number of thiol groups is 1. The number of benzene rings is 2. The lowest BCUT2D eigenvalue weighted by atomic mass is 9.94. The van der Waals surface area contributed by atoms with E-state index in [0.717, 1.165) is 29.5 Å². The molecule has 0 aliphatic heterocycles. The molecule has 4 nitrogen and oxygen atoms in total. The summed E-state index contributed by atoms with van der Waals surface area (Å²) in [6, 6.07) is 8.26. The standard InChI is InChI=1S/C23H21ClF3NO3S/c1-13-16(3-6-18-14(9-22(29)30)2-5-17(13)18)10-28-11-21(32)15-4-7-20(19(24)8-15)31-12-23(25,26)27/h3-4,6-8,10-11,14,32H,2,5,9,12H2,1H3,(H,29,30)/b21-11-,28-10?. The van der Waals surface area contributed by atoms with Crippen molar-refractivity contribution in [3.05, 3.63) is 69.4 Å². The van der Waals surface area contributed by atoms with Crippen molar-refractivity contribution in [1.82, 2.24) is 0 Å². The van der Waals surface area contributed by atoms with Crippen LogP contribution >= 0.6 is 24.2 Å². The Morgan fingerprint density at radius 3 is 2.75 bits per heavy atom. The summed E-state index contributed by atoms with van der Waals surface area (Å²) in [7, 11) is 0. The molecule has 1 N–H and O–H groups in total. The first-order valence-electron chi connectivity index (χ1n) is 9.81. The van der Waals surface area contributed by atoms with E-state index in [1.165, 1.54) is 23.9 Å². The monoisotopic (exact) mass is 483 g/mol. The number of hydrogen-bond donors (Lipinski definition) is 2. The smallest absolute Gasteiger partial charge is 0.422 e. The summed E-state index contributed by atoms with van der Waals surface area (Å²) in [5.74, 6) is -0.811. The molecular formula is C23H21ClF3NO3S. The van der Waals surface area contributed by atoms with Gasteiger partial charge >= 0.3 is 12.1 Å².